The molecule has 1 atom stereocenters. The summed E-state index contributed by atoms with van der Waals surface area (Å²) in [5.41, 5.74) is 2.84. The van der Waals surface area contributed by atoms with Crippen molar-refractivity contribution in [2.24, 2.45) is 0 Å². The molecular weight excluding hydrogens is 266 g/mol. The average molecular weight is 289 g/mol. The van der Waals surface area contributed by atoms with Gasteiger partial charge in [0, 0.05) is 6.04 Å². The van der Waals surface area contributed by atoms with Crippen molar-refractivity contribution in [2.75, 3.05) is 7.05 Å². The molecule has 0 amide bonds. The normalized spacial score (nSPS) is 12.4. The van der Waals surface area contributed by atoms with Gasteiger partial charge in [-0.15, -0.1) is 0 Å². The van der Waals surface area contributed by atoms with Crippen molar-refractivity contribution in [1.82, 2.24) is 5.32 Å². The van der Waals surface area contributed by atoms with E-state index in [2.05, 4.69) is 85.2 Å². The maximum atomic E-state index is 3.44. The van der Waals surface area contributed by atoms with E-state index < -0.39 is 0 Å². The second kappa shape index (κ2) is 7.24. The van der Waals surface area contributed by atoms with Crippen LogP contribution in [-0.4, -0.2) is 7.05 Å². The Morgan fingerprint density at radius 3 is 2.36 bits per heavy atom. The van der Waals surface area contributed by atoms with Crippen LogP contribution in [0.5, 0.6) is 0 Å². The van der Waals surface area contributed by atoms with E-state index in [0.29, 0.717) is 6.04 Å². The Kier molecular flexibility index (Phi) is 4.87. The molecule has 0 aromatic heterocycles. The van der Waals surface area contributed by atoms with Gasteiger partial charge < -0.3 is 5.32 Å². The first kappa shape index (κ1) is 14.8. The molecule has 0 aliphatic carbocycles. The highest BCUT2D eigenvalue weighted by molar-refractivity contribution is 5.85. The van der Waals surface area contributed by atoms with Crippen LogP contribution in [0.25, 0.3) is 10.8 Å². The lowest BCUT2D eigenvalue weighted by Crippen LogP contribution is -2.16. The van der Waals surface area contributed by atoms with E-state index in [1.807, 2.05) is 0 Å². The zero-order chi connectivity index (χ0) is 15.2. The molecule has 3 aromatic carbocycles. The van der Waals surface area contributed by atoms with E-state index in [0.717, 1.165) is 12.8 Å². The molecule has 3 rings (SSSR count). The lowest BCUT2D eigenvalue weighted by Gasteiger charge is -2.16. The van der Waals surface area contributed by atoms with Gasteiger partial charge in [-0.1, -0.05) is 72.8 Å². The highest BCUT2D eigenvalue weighted by Gasteiger charge is 2.08. The van der Waals surface area contributed by atoms with E-state index >= 15 is 0 Å². The zero-order valence-electron chi connectivity index (χ0n) is 13.1. The molecule has 0 radical (unpaired) electrons. The molecule has 22 heavy (non-hydrogen) atoms. The standard InChI is InChI=1S/C21H23N/c1-22-21(19-10-3-2-4-11-19)16-8-14-18-13-7-12-17-9-5-6-15-20(17)18/h2-7,9-13,15,21-22H,8,14,16H2,1H3. The monoisotopic (exact) mass is 289 g/mol. The van der Waals surface area contributed by atoms with E-state index in [4.69, 9.17) is 0 Å². The fourth-order valence-electron chi connectivity index (χ4n) is 3.17. The number of fused-ring (bicyclic) bond motifs is 1. The molecule has 1 unspecified atom stereocenters. The Morgan fingerprint density at radius 2 is 1.55 bits per heavy atom. The SMILES string of the molecule is CNC(CCCc1cccc2ccccc12)c1ccccc1. The summed E-state index contributed by atoms with van der Waals surface area (Å²) >= 11 is 0. The summed E-state index contributed by atoms with van der Waals surface area (Å²) in [7, 11) is 2.05. The predicted octanol–water partition coefficient (Wildman–Crippen LogP) is 5.12. The lowest BCUT2D eigenvalue weighted by molar-refractivity contribution is 0.527. The van der Waals surface area contributed by atoms with Gasteiger partial charge in [-0.05, 0) is 48.2 Å². The third-order valence-corrected chi connectivity index (χ3v) is 4.37. The topological polar surface area (TPSA) is 12.0 Å². The molecule has 0 saturated carbocycles. The van der Waals surface area contributed by atoms with Crippen molar-refractivity contribution in [2.45, 2.75) is 25.3 Å². The van der Waals surface area contributed by atoms with Gasteiger partial charge in [0.25, 0.3) is 0 Å². The molecule has 112 valence electrons. The summed E-state index contributed by atoms with van der Waals surface area (Å²) in [5.74, 6) is 0. The highest BCUT2D eigenvalue weighted by atomic mass is 14.9. The van der Waals surface area contributed by atoms with Crippen molar-refractivity contribution in [1.29, 1.82) is 0 Å². The molecule has 1 N–H and O–H groups in total. The molecular formula is C21H23N. The Morgan fingerprint density at radius 1 is 0.818 bits per heavy atom. The molecule has 1 heteroatoms. The summed E-state index contributed by atoms with van der Waals surface area (Å²) in [6.07, 6.45) is 3.48. The minimum Gasteiger partial charge on any atom is -0.313 e. The minimum atomic E-state index is 0.441. The first-order chi connectivity index (χ1) is 10.9. The van der Waals surface area contributed by atoms with Gasteiger partial charge in [0.2, 0.25) is 0 Å². The maximum absolute atomic E-state index is 3.44. The largest absolute Gasteiger partial charge is 0.313 e. The summed E-state index contributed by atoms with van der Waals surface area (Å²) in [4.78, 5) is 0. The number of rotatable bonds is 6. The summed E-state index contributed by atoms with van der Waals surface area (Å²) in [6.45, 7) is 0. The van der Waals surface area contributed by atoms with E-state index in [-0.39, 0.29) is 0 Å². The van der Waals surface area contributed by atoms with Gasteiger partial charge >= 0.3 is 0 Å². The second-order valence-electron chi connectivity index (χ2n) is 5.78. The van der Waals surface area contributed by atoms with Gasteiger partial charge in [0.1, 0.15) is 0 Å². The van der Waals surface area contributed by atoms with Crippen molar-refractivity contribution >= 4 is 10.8 Å². The van der Waals surface area contributed by atoms with Crippen molar-refractivity contribution < 1.29 is 0 Å². The predicted molar refractivity (Wildman–Crippen MR) is 95.1 cm³/mol. The lowest BCUT2D eigenvalue weighted by atomic mass is 9.96. The third-order valence-electron chi connectivity index (χ3n) is 4.37. The van der Waals surface area contributed by atoms with Crippen LogP contribution in [-0.2, 0) is 6.42 Å². The fraction of sp³-hybridized carbons (Fsp3) is 0.238. The fourth-order valence-corrected chi connectivity index (χ4v) is 3.17. The quantitative estimate of drug-likeness (QED) is 0.664. The first-order valence-electron chi connectivity index (χ1n) is 8.07. The molecule has 0 spiro atoms. The molecule has 0 aliphatic heterocycles. The Labute approximate surface area is 133 Å². The van der Waals surface area contributed by atoms with Crippen LogP contribution >= 0.6 is 0 Å². The molecule has 0 bridgehead atoms. The third kappa shape index (κ3) is 3.37. The average Bonchev–Trinajstić information content (AvgIpc) is 2.59. The van der Waals surface area contributed by atoms with Crippen LogP contribution in [0, 0.1) is 0 Å². The van der Waals surface area contributed by atoms with Crippen molar-refractivity contribution in [3.05, 3.63) is 83.9 Å². The van der Waals surface area contributed by atoms with Crippen LogP contribution in [0.4, 0.5) is 0 Å². The van der Waals surface area contributed by atoms with Crippen LogP contribution in [0.3, 0.4) is 0 Å². The summed E-state index contributed by atoms with van der Waals surface area (Å²) in [5, 5.41) is 6.18. The Bertz CT molecular complexity index is 713. The maximum Gasteiger partial charge on any atom is 0.0317 e. The zero-order valence-corrected chi connectivity index (χ0v) is 13.1. The Balaban J connectivity index is 1.67. The molecule has 0 aliphatic rings. The number of benzene rings is 3. The Hall–Kier alpha value is -2.12. The van der Waals surface area contributed by atoms with Crippen LogP contribution in [0.2, 0.25) is 0 Å². The molecule has 0 saturated heterocycles. The van der Waals surface area contributed by atoms with Crippen molar-refractivity contribution in [3.8, 4) is 0 Å². The highest BCUT2D eigenvalue weighted by Crippen LogP contribution is 2.23. The molecule has 3 aromatic rings. The van der Waals surface area contributed by atoms with Gasteiger partial charge in [-0.3, -0.25) is 0 Å². The number of hydrogen-bond acceptors (Lipinski definition) is 1. The molecule has 0 heterocycles. The van der Waals surface area contributed by atoms with Gasteiger partial charge in [0.15, 0.2) is 0 Å². The van der Waals surface area contributed by atoms with Crippen LogP contribution in [0.15, 0.2) is 72.8 Å². The number of hydrogen-bond donors (Lipinski definition) is 1. The molecule has 1 nitrogen and oxygen atoms in total. The van der Waals surface area contributed by atoms with Gasteiger partial charge in [0.05, 0.1) is 0 Å². The van der Waals surface area contributed by atoms with Gasteiger partial charge in [-0.25, -0.2) is 0 Å². The van der Waals surface area contributed by atoms with Gasteiger partial charge in [-0.2, -0.15) is 0 Å². The second-order valence-corrected chi connectivity index (χ2v) is 5.78. The first-order valence-corrected chi connectivity index (χ1v) is 8.07. The molecule has 0 fully saturated rings. The van der Waals surface area contributed by atoms with Crippen molar-refractivity contribution in [3.63, 3.8) is 0 Å². The van der Waals surface area contributed by atoms with E-state index in [1.54, 1.807) is 0 Å². The smallest absolute Gasteiger partial charge is 0.0317 e. The number of aryl methyl sites for hydroxylation is 1. The van der Waals surface area contributed by atoms with Crippen LogP contribution < -0.4 is 5.32 Å². The van der Waals surface area contributed by atoms with E-state index in [1.165, 1.54) is 28.3 Å². The summed E-state index contributed by atoms with van der Waals surface area (Å²) < 4.78 is 0. The summed E-state index contributed by atoms with van der Waals surface area (Å²) in [6, 6.07) is 26.5. The van der Waals surface area contributed by atoms with Crippen LogP contribution in [0.1, 0.15) is 30.0 Å². The number of nitrogens with one attached hydrogen (secondary N) is 1. The van der Waals surface area contributed by atoms with E-state index in [9.17, 15) is 0 Å². The minimum absolute atomic E-state index is 0.441.